The molecule has 0 aliphatic heterocycles. The van der Waals surface area contributed by atoms with Crippen molar-refractivity contribution >= 4 is 54.6 Å². The Hall–Kier alpha value is -6.46. The van der Waals surface area contributed by atoms with Crippen molar-refractivity contribution in [1.82, 2.24) is 18.8 Å². The normalized spacial score (nSPS) is 12.3. The minimum absolute atomic E-state index is 0.365. The smallest absolute Gasteiger partial charge is 0.145 e. The third-order valence-electron chi connectivity index (χ3n) is 12.4. The summed E-state index contributed by atoms with van der Waals surface area (Å²) in [6.45, 7) is 18.3. The van der Waals surface area contributed by atoms with Crippen molar-refractivity contribution in [3.05, 3.63) is 156 Å². The molecule has 10 rings (SSSR count). The molecule has 4 aromatic heterocycles. The van der Waals surface area contributed by atoms with Crippen LogP contribution in [0, 0.1) is 0 Å². The predicted octanol–water partition coefficient (Wildman–Crippen LogP) is 15.2. The Morgan fingerprint density at radius 3 is 1.14 bits per heavy atom. The summed E-state index contributed by atoms with van der Waals surface area (Å²) in [4.78, 5) is 10.4. The monoisotopic (exact) mass is 770 g/mol. The average Bonchev–Trinajstić information content (AvgIpc) is 3.89. The van der Waals surface area contributed by atoms with Gasteiger partial charge in [-0.3, -0.25) is 8.80 Å². The van der Waals surface area contributed by atoms with Gasteiger partial charge in [0.2, 0.25) is 0 Å². The molecule has 0 amide bonds. The van der Waals surface area contributed by atoms with Gasteiger partial charge in [0.05, 0.1) is 34.8 Å². The van der Waals surface area contributed by atoms with Gasteiger partial charge in [0.15, 0.2) is 0 Å². The van der Waals surface area contributed by atoms with Crippen LogP contribution < -0.4 is 4.74 Å². The molecule has 0 unspecified atom stereocenters. The molecule has 6 aromatic carbocycles. The number of pyridine rings is 2. The fourth-order valence-electron chi connectivity index (χ4n) is 9.56. The highest BCUT2D eigenvalue weighted by Gasteiger charge is 2.23. The van der Waals surface area contributed by atoms with E-state index in [4.69, 9.17) is 14.7 Å². The van der Waals surface area contributed by atoms with Gasteiger partial charge in [-0.05, 0) is 105 Å². The lowest BCUT2D eigenvalue weighted by Gasteiger charge is -2.20. The highest BCUT2D eigenvalue weighted by Crippen LogP contribution is 2.43. The van der Waals surface area contributed by atoms with Gasteiger partial charge in [0.25, 0.3) is 0 Å². The number of rotatable bonds is 8. The molecule has 0 saturated carbocycles. The maximum Gasteiger partial charge on any atom is 0.145 e. The van der Waals surface area contributed by atoms with Gasteiger partial charge in [-0.2, -0.15) is 0 Å². The lowest BCUT2D eigenvalue weighted by atomic mass is 9.87. The molecule has 10 aromatic rings. The molecule has 0 fully saturated rings. The molecule has 0 radical (unpaired) electrons. The molecule has 0 aliphatic rings. The van der Waals surface area contributed by atoms with E-state index in [1.807, 2.05) is 0 Å². The largest absolute Gasteiger partial charge is 0.457 e. The van der Waals surface area contributed by atoms with Crippen LogP contribution in [0.5, 0.6) is 11.5 Å². The van der Waals surface area contributed by atoms with Crippen LogP contribution in [0.3, 0.4) is 0 Å². The molecule has 0 N–H and O–H groups in total. The summed E-state index contributed by atoms with van der Waals surface area (Å²) in [6, 6.07) is 43.8. The Morgan fingerprint density at radius 1 is 0.390 bits per heavy atom. The Morgan fingerprint density at radius 2 is 0.763 bits per heavy atom. The highest BCUT2D eigenvalue weighted by atomic mass is 16.5. The van der Waals surface area contributed by atoms with Gasteiger partial charge in [-0.25, -0.2) is 9.97 Å². The number of fused-ring (bicyclic) bond motifs is 12. The molecule has 5 nitrogen and oxygen atoms in total. The minimum atomic E-state index is 0.365. The van der Waals surface area contributed by atoms with Gasteiger partial charge >= 0.3 is 0 Å². The van der Waals surface area contributed by atoms with Crippen LogP contribution in [0.1, 0.15) is 101 Å². The van der Waals surface area contributed by atoms with E-state index in [-0.39, 0.29) is 0 Å². The van der Waals surface area contributed by atoms with Crippen molar-refractivity contribution < 1.29 is 4.74 Å². The molecule has 4 heterocycles. The molecule has 0 bridgehead atoms. The van der Waals surface area contributed by atoms with Crippen molar-refractivity contribution in [1.29, 1.82) is 0 Å². The van der Waals surface area contributed by atoms with Crippen molar-refractivity contribution in [2.75, 3.05) is 0 Å². The van der Waals surface area contributed by atoms with Crippen molar-refractivity contribution in [2.45, 2.75) is 79.1 Å². The summed E-state index contributed by atoms with van der Waals surface area (Å²) >= 11 is 0. The van der Waals surface area contributed by atoms with Gasteiger partial charge < -0.3 is 4.74 Å². The second-order valence-corrected chi connectivity index (χ2v) is 17.4. The Kier molecular flexibility index (Phi) is 8.82. The quantitative estimate of drug-likeness (QED) is 0.145. The first kappa shape index (κ1) is 36.9. The number of para-hydroxylation sites is 2. The first-order valence-electron chi connectivity index (χ1n) is 21.2. The van der Waals surface area contributed by atoms with Gasteiger partial charge in [0.1, 0.15) is 22.8 Å². The lowest BCUT2D eigenvalue weighted by molar-refractivity contribution is 0.484. The zero-order valence-corrected chi connectivity index (χ0v) is 35.2. The Balaban J connectivity index is 1.15. The van der Waals surface area contributed by atoms with Crippen LogP contribution >= 0.6 is 0 Å². The summed E-state index contributed by atoms with van der Waals surface area (Å²) in [5.41, 5.74) is 14.3. The first-order valence-corrected chi connectivity index (χ1v) is 21.2. The van der Waals surface area contributed by atoms with E-state index in [2.05, 4.69) is 198 Å². The molecular weight excluding hydrogens is 721 g/mol. The molecule has 0 atom stereocenters. The SMILES string of the molecule is CC(C)c1cccc(C(C)C)c1-c1cnc2c3cc(Oc4ccc5c6ccccc6n6c(-c7c(C(C)C)cccc7C(C)C)cnc6c5c4)ccc3c3ccccc3n12. The third-order valence-corrected chi connectivity index (χ3v) is 12.4. The Bertz CT molecular complexity index is 3000. The van der Waals surface area contributed by atoms with E-state index >= 15 is 0 Å². The average molecular weight is 771 g/mol. The topological polar surface area (TPSA) is 43.8 Å². The standard InChI is InChI=1S/C54H50N4O/c1-31(2)37-17-13-18-38(32(3)4)51(37)49-29-55-53-45-27-35(23-25-41(45)43-15-9-11-21-47(43)57(49)53)59-36-24-26-42-44-16-10-12-22-48(44)58-50(30-56-54(58)46(42)28-36)52-39(33(5)6)19-14-20-40(52)34(7)8/h9-34H,1-8H3. The summed E-state index contributed by atoms with van der Waals surface area (Å²) in [7, 11) is 0. The number of hydrogen-bond acceptors (Lipinski definition) is 3. The number of aromatic nitrogens is 4. The fraction of sp³-hybridized carbons (Fsp3) is 0.222. The van der Waals surface area contributed by atoms with Crippen molar-refractivity contribution in [3.63, 3.8) is 0 Å². The van der Waals surface area contributed by atoms with E-state index in [0.29, 0.717) is 23.7 Å². The first-order chi connectivity index (χ1) is 28.6. The Labute approximate surface area is 345 Å². The zero-order valence-electron chi connectivity index (χ0n) is 35.2. The van der Waals surface area contributed by atoms with E-state index < -0.39 is 0 Å². The van der Waals surface area contributed by atoms with E-state index in [9.17, 15) is 0 Å². The summed E-state index contributed by atoms with van der Waals surface area (Å²) in [6.07, 6.45) is 4.15. The van der Waals surface area contributed by atoms with Crippen LogP contribution in [0.2, 0.25) is 0 Å². The van der Waals surface area contributed by atoms with Crippen molar-refractivity contribution in [2.24, 2.45) is 0 Å². The highest BCUT2D eigenvalue weighted by molar-refractivity contribution is 6.14. The van der Waals surface area contributed by atoms with E-state index in [1.165, 1.54) is 44.2 Å². The summed E-state index contributed by atoms with van der Waals surface area (Å²) in [5.74, 6) is 2.98. The number of nitrogens with zero attached hydrogens (tertiary/aromatic N) is 4. The van der Waals surface area contributed by atoms with E-state index in [1.54, 1.807) is 0 Å². The lowest BCUT2D eigenvalue weighted by Crippen LogP contribution is -2.02. The van der Waals surface area contributed by atoms with Gasteiger partial charge in [0, 0.05) is 32.7 Å². The summed E-state index contributed by atoms with van der Waals surface area (Å²) in [5, 5.41) is 6.78. The van der Waals surface area contributed by atoms with Crippen LogP contribution in [-0.4, -0.2) is 18.8 Å². The summed E-state index contributed by atoms with van der Waals surface area (Å²) < 4.78 is 11.6. The fourth-order valence-corrected chi connectivity index (χ4v) is 9.56. The van der Waals surface area contributed by atoms with Crippen LogP contribution in [0.25, 0.3) is 77.2 Å². The molecule has 0 saturated heterocycles. The number of ether oxygens (including phenoxy) is 1. The van der Waals surface area contributed by atoms with Crippen molar-refractivity contribution in [3.8, 4) is 34.0 Å². The third kappa shape index (κ3) is 5.81. The molecule has 0 aliphatic carbocycles. The molecule has 59 heavy (non-hydrogen) atoms. The molecule has 292 valence electrons. The number of benzene rings is 6. The van der Waals surface area contributed by atoms with Gasteiger partial charge in [-0.15, -0.1) is 0 Å². The van der Waals surface area contributed by atoms with Crippen LogP contribution in [0.4, 0.5) is 0 Å². The number of hydrogen-bond donors (Lipinski definition) is 0. The van der Waals surface area contributed by atoms with E-state index in [0.717, 1.165) is 66.8 Å². The zero-order chi connectivity index (χ0) is 40.7. The minimum Gasteiger partial charge on any atom is -0.457 e. The van der Waals surface area contributed by atoms with Crippen LogP contribution in [-0.2, 0) is 0 Å². The molecular formula is C54H50N4O. The maximum atomic E-state index is 6.83. The maximum absolute atomic E-state index is 6.83. The number of imidazole rings is 2. The predicted molar refractivity (Wildman–Crippen MR) is 248 cm³/mol. The second-order valence-electron chi connectivity index (χ2n) is 17.4. The van der Waals surface area contributed by atoms with Crippen LogP contribution in [0.15, 0.2) is 134 Å². The molecule has 0 spiro atoms. The van der Waals surface area contributed by atoms with Gasteiger partial charge in [-0.1, -0.05) is 128 Å². The second kappa shape index (κ2) is 14.1. The molecule has 5 heteroatoms.